The van der Waals surface area contributed by atoms with Crippen LogP contribution in [0.4, 0.5) is 11.4 Å². The van der Waals surface area contributed by atoms with E-state index in [1.807, 2.05) is 0 Å². The van der Waals surface area contributed by atoms with E-state index >= 15 is 0 Å². The van der Waals surface area contributed by atoms with Crippen molar-refractivity contribution in [2.24, 2.45) is 0 Å². The Morgan fingerprint density at radius 1 is 1.04 bits per heavy atom. The van der Waals surface area contributed by atoms with Gasteiger partial charge in [-0.3, -0.25) is 14.9 Å². The molecule has 142 valence electrons. The van der Waals surface area contributed by atoms with Crippen LogP contribution < -0.4 is 5.32 Å². The van der Waals surface area contributed by atoms with Crippen LogP contribution in [0.25, 0.3) is 0 Å². The van der Waals surface area contributed by atoms with Crippen molar-refractivity contribution in [3.8, 4) is 0 Å². The molecule has 1 N–H and O–H groups in total. The number of hydrogen-bond acceptors (Lipinski definition) is 5. The fourth-order valence-corrected chi connectivity index (χ4v) is 2.49. The molecule has 0 aliphatic rings. The molecule has 0 unspecified atom stereocenters. The summed E-state index contributed by atoms with van der Waals surface area (Å²) in [7, 11) is 0. The van der Waals surface area contributed by atoms with E-state index in [0.29, 0.717) is 17.9 Å². The van der Waals surface area contributed by atoms with Crippen LogP contribution in [0.15, 0.2) is 48.5 Å². The lowest BCUT2D eigenvalue weighted by Crippen LogP contribution is -2.14. The van der Waals surface area contributed by atoms with Gasteiger partial charge in [-0.25, -0.2) is 4.79 Å². The number of nitro benzene ring substituents is 1. The zero-order valence-corrected chi connectivity index (χ0v) is 15.1. The lowest BCUT2D eigenvalue weighted by Gasteiger charge is -2.08. The first kappa shape index (κ1) is 20.1. The van der Waals surface area contributed by atoms with Gasteiger partial charge in [0.15, 0.2) is 0 Å². The number of carbonyl (C=O) groups excluding carboxylic acids is 2. The van der Waals surface area contributed by atoms with Crippen LogP contribution in [0.3, 0.4) is 0 Å². The molecule has 0 spiro atoms. The molecule has 7 nitrogen and oxygen atoms in total. The number of nitro groups is 1. The van der Waals surface area contributed by atoms with Crippen LogP contribution in [0, 0.1) is 10.1 Å². The smallest absolute Gasteiger partial charge is 0.338 e. The monoisotopic (exact) mass is 370 g/mol. The number of unbranched alkanes of at least 4 members (excludes halogenated alkanes) is 3. The number of benzene rings is 2. The van der Waals surface area contributed by atoms with Crippen LogP contribution in [0.2, 0.25) is 0 Å². The maximum atomic E-state index is 12.3. The highest BCUT2D eigenvalue weighted by Crippen LogP contribution is 2.19. The maximum Gasteiger partial charge on any atom is 0.338 e. The molecule has 0 radical (unpaired) electrons. The fourth-order valence-electron chi connectivity index (χ4n) is 2.49. The Bertz CT molecular complexity index is 802. The van der Waals surface area contributed by atoms with Crippen molar-refractivity contribution in [2.75, 3.05) is 11.9 Å². The fraction of sp³-hybridized carbons (Fsp3) is 0.300. The van der Waals surface area contributed by atoms with Crippen molar-refractivity contribution in [2.45, 2.75) is 32.6 Å². The highest BCUT2D eigenvalue weighted by Gasteiger charge is 2.19. The second-order valence-corrected chi connectivity index (χ2v) is 6.00. The van der Waals surface area contributed by atoms with Crippen LogP contribution in [0.1, 0.15) is 53.3 Å². The molecular formula is C20H22N2O5. The predicted molar refractivity (Wildman–Crippen MR) is 102 cm³/mol. The molecule has 2 aromatic carbocycles. The number of hydrogen-bond donors (Lipinski definition) is 1. The Morgan fingerprint density at radius 2 is 1.74 bits per heavy atom. The van der Waals surface area contributed by atoms with E-state index in [9.17, 15) is 19.7 Å². The lowest BCUT2D eigenvalue weighted by atomic mass is 10.1. The van der Waals surface area contributed by atoms with Gasteiger partial charge in [0.1, 0.15) is 5.56 Å². The highest BCUT2D eigenvalue weighted by atomic mass is 16.6. The van der Waals surface area contributed by atoms with Crippen LogP contribution in [-0.4, -0.2) is 23.4 Å². The molecular weight excluding hydrogens is 348 g/mol. The molecule has 2 aromatic rings. The molecule has 2 rings (SSSR count). The number of nitrogens with one attached hydrogen (secondary N) is 1. The minimum atomic E-state index is -0.603. The number of esters is 1. The first-order valence-corrected chi connectivity index (χ1v) is 8.85. The van der Waals surface area contributed by atoms with Gasteiger partial charge >= 0.3 is 5.97 Å². The third-order valence-electron chi connectivity index (χ3n) is 3.95. The zero-order chi connectivity index (χ0) is 19.6. The molecule has 7 heteroatoms. The van der Waals surface area contributed by atoms with Gasteiger partial charge in [-0.05, 0) is 36.8 Å². The molecule has 0 saturated carbocycles. The van der Waals surface area contributed by atoms with Gasteiger partial charge in [0.2, 0.25) is 0 Å². The maximum absolute atomic E-state index is 12.3. The van der Waals surface area contributed by atoms with Crippen molar-refractivity contribution in [1.82, 2.24) is 0 Å². The van der Waals surface area contributed by atoms with E-state index in [1.165, 1.54) is 18.2 Å². The quantitative estimate of drug-likeness (QED) is 0.301. The Kier molecular flexibility index (Phi) is 7.49. The summed E-state index contributed by atoms with van der Waals surface area (Å²) in [4.78, 5) is 34.7. The van der Waals surface area contributed by atoms with E-state index in [4.69, 9.17) is 4.74 Å². The molecule has 0 heterocycles. The van der Waals surface area contributed by atoms with Crippen molar-refractivity contribution in [3.05, 3.63) is 69.8 Å². The minimum absolute atomic E-state index is 0.0296. The number of para-hydroxylation sites is 1. The first-order chi connectivity index (χ1) is 13.0. The summed E-state index contributed by atoms with van der Waals surface area (Å²) in [6, 6.07) is 11.9. The number of nitrogens with zero attached hydrogens (tertiary/aromatic N) is 1. The number of ether oxygens (including phenoxy) is 1. The summed E-state index contributed by atoms with van der Waals surface area (Å²) in [6.07, 6.45) is 4.10. The topological polar surface area (TPSA) is 98.5 Å². The second-order valence-electron chi connectivity index (χ2n) is 6.00. The van der Waals surface area contributed by atoms with Crippen molar-refractivity contribution in [1.29, 1.82) is 0 Å². The summed E-state index contributed by atoms with van der Waals surface area (Å²) < 4.78 is 5.21. The number of amides is 1. The third kappa shape index (κ3) is 5.91. The van der Waals surface area contributed by atoms with Gasteiger partial charge in [-0.2, -0.15) is 0 Å². The van der Waals surface area contributed by atoms with Gasteiger partial charge in [0.05, 0.1) is 17.1 Å². The number of carbonyl (C=O) groups is 2. The van der Waals surface area contributed by atoms with Crippen molar-refractivity contribution < 1.29 is 19.2 Å². The molecule has 0 saturated heterocycles. The Morgan fingerprint density at radius 3 is 2.41 bits per heavy atom. The average Bonchev–Trinajstić information content (AvgIpc) is 2.68. The van der Waals surface area contributed by atoms with Crippen molar-refractivity contribution in [3.63, 3.8) is 0 Å². The Hall–Kier alpha value is -3.22. The van der Waals surface area contributed by atoms with Gasteiger partial charge < -0.3 is 10.1 Å². The van der Waals surface area contributed by atoms with E-state index in [0.717, 1.165) is 25.7 Å². The normalized spacial score (nSPS) is 10.3. The summed E-state index contributed by atoms with van der Waals surface area (Å²) in [6.45, 7) is 2.50. The molecule has 1 amide bonds. The molecule has 0 bridgehead atoms. The standard InChI is InChI=1S/C20H22N2O5/c1-2-3-4-7-14-27-20(24)15-10-12-16(13-11-15)21-19(23)17-8-5-6-9-18(17)22(25)26/h5-6,8-13H,2-4,7,14H2,1H3,(H,21,23). The first-order valence-electron chi connectivity index (χ1n) is 8.85. The van der Waals surface area contributed by atoms with E-state index < -0.39 is 16.8 Å². The lowest BCUT2D eigenvalue weighted by molar-refractivity contribution is -0.385. The van der Waals surface area contributed by atoms with Crippen LogP contribution in [0.5, 0.6) is 0 Å². The van der Waals surface area contributed by atoms with Gasteiger partial charge in [0, 0.05) is 11.8 Å². The van der Waals surface area contributed by atoms with E-state index in [-0.39, 0.29) is 11.3 Å². The van der Waals surface area contributed by atoms with Crippen LogP contribution >= 0.6 is 0 Å². The second kappa shape index (κ2) is 10.1. The highest BCUT2D eigenvalue weighted by molar-refractivity contribution is 6.07. The molecule has 0 aliphatic carbocycles. The van der Waals surface area contributed by atoms with Crippen LogP contribution in [-0.2, 0) is 4.74 Å². The zero-order valence-electron chi connectivity index (χ0n) is 15.1. The minimum Gasteiger partial charge on any atom is -0.462 e. The molecule has 27 heavy (non-hydrogen) atoms. The van der Waals surface area contributed by atoms with Gasteiger partial charge in [-0.1, -0.05) is 38.3 Å². The van der Waals surface area contributed by atoms with Crippen molar-refractivity contribution >= 4 is 23.3 Å². The summed E-state index contributed by atoms with van der Waals surface area (Å²) in [5, 5.41) is 13.6. The average molecular weight is 370 g/mol. The Balaban J connectivity index is 1.95. The third-order valence-corrected chi connectivity index (χ3v) is 3.95. The van der Waals surface area contributed by atoms with Gasteiger partial charge in [0.25, 0.3) is 11.6 Å². The predicted octanol–water partition coefficient (Wildman–Crippen LogP) is 4.58. The summed E-state index contributed by atoms with van der Waals surface area (Å²) >= 11 is 0. The van der Waals surface area contributed by atoms with Gasteiger partial charge in [-0.15, -0.1) is 0 Å². The largest absolute Gasteiger partial charge is 0.462 e. The molecule has 0 fully saturated rings. The SMILES string of the molecule is CCCCCCOC(=O)c1ccc(NC(=O)c2ccccc2[N+](=O)[O-])cc1. The summed E-state index contributed by atoms with van der Waals surface area (Å²) in [5.74, 6) is -1.00. The number of anilines is 1. The summed E-state index contributed by atoms with van der Waals surface area (Å²) in [5.41, 5.74) is 0.517. The number of rotatable bonds is 9. The molecule has 0 aliphatic heterocycles. The Labute approximate surface area is 157 Å². The van der Waals surface area contributed by atoms with E-state index in [2.05, 4.69) is 12.2 Å². The molecule has 0 aromatic heterocycles. The molecule has 0 atom stereocenters. The van der Waals surface area contributed by atoms with E-state index in [1.54, 1.807) is 30.3 Å².